The molecule has 108 valence electrons. The van der Waals surface area contributed by atoms with Gasteiger partial charge in [-0.1, -0.05) is 39.8 Å². The maximum absolute atomic E-state index is 4.22. The van der Waals surface area contributed by atoms with Gasteiger partial charge in [0.2, 0.25) is 0 Å². The first-order valence-corrected chi connectivity index (χ1v) is 7.36. The van der Waals surface area contributed by atoms with E-state index in [2.05, 4.69) is 49.8 Å². The molecule has 0 aliphatic rings. The number of rotatable bonds is 4. The number of hydrogen-bond donors (Lipinski definition) is 0. The second-order valence-corrected chi connectivity index (χ2v) is 5.88. The van der Waals surface area contributed by atoms with E-state index in [1.807, 2.05) is 36.8 Å². The molecule has 2 nitrogen and oxygen atoms in total. The predicted octanol–water partition coefficient (Wildman–Crippen LogP) is 4.56. The van der Waals surface area contributed by atoms with Crippen molar-refractivity contribution < 1.29 is 0 Å². The highest BCUT2D eigenvalue weighted by Gasteiger charge is 1.96. The Morgan fingerprint density at radius 2 is 1.60 bits per heavy atom. The minimum absolute atomic E-state index is 0.704. The van der Waals surface area contributed by atoms with Crippen LogP contribution >= 0.6 is 0 Å². The highest BCUT2D eigenvalue weighted by atomic mass is 14.7. The Bertz CT molecular complexity index is 404. The van der Waals surface area contributed by atoms with Crippen LogP contribution in [-0.4, -0.2) is 9.97 Å². The summed E-state index contributed by atoms with van der Waals surface area (Å²) in [5, 5.41) is 0. The maximum Gasteiger partial charge on any atom is 0.0406 e. The van der Waals surface area contributed by atoms with Gasteiger partial charge in [-0.3, -0.25) is 9.97 Å². The summed E-state index contributed by atoms with van der Waals surface area (Å²) in [5.74, 6) is 1.43. The zero-order valence-electron chi connectivity index (χ0n) is 13.1. The van der Waals surface area contributed by atoms with Crippen molar-refractivity contribution in [1.29, 1.82) is 0 Å². The lowest BCUT2D eigenvalue weighted by atomic mass is 10.1. The summed E-state index contributed by atoms with van der Waals surface area (Å²) >= 11 is 0. The largest absolute Gasteiger partial charge is 0.264 e. The fourth-order valence-electron chi connectivity index (χ4n) is 1.93. The van der Waals surface area contributed by atoms with Gasteiger partial charge in [0, 0.05) is 24.3 Å². The lowest BCUT2D eigenvalue weighted by molar-refractivity contribution is 0.635. The third kappa shape index (κ3) is 7.67. The molecule has 0 spiro atoms. The zero-order chi connectivity index (χ0) is 14.8. The number of pyridine rings is 2. The van der Waals surface area contributed by atoms with Gasteiger partial charge in [0.1, 0.15) is 0 Å². The Balaban J connectivity index is 0.000000200. The molecule has 0 atom stereocenters. The van der Waals surface area contributed by atoms with E-state index in [0.717, 1.165) is 18.8 Å². The van der Waals surface area contributed by atoms with Crippen LogP contribution in [0.5, 0.6) is 0 Å². The molecule has 0 saturated carbocycles. The van der Waals surface area contributed by atoms with Crippen LogP contribution in [0.3, 0.4) is 0 Å². The molecule has 2 aromatic rings. The first kappa shape index (κ1) is 16.4. The molecule has 0 amide bonds. The van der Waals surface area contributed by atoms with Crippen LogP contribution < -0.4 is 0 Å². The van der Waals surface area contributed by atoms with Crippen molar-refractivity contribution in [1.82, 2.24) is 9.97 Å². The van der Waals surface area contributed by atoms with Crippen molar-refractivity contribution in [2.45, 2.75) is 40.5 Å². The van der Waals surface area contributed by atoms with E-state index < -0.39 is 0 Å². The molecule has 0 saturated heterocycles. The topological polar surface area (TPSA) is 25.8 Å². The van der Waals surface area contributed by atoms with E-state index in [-0.39, 0.29) is 0 Å². The monoisotopic (exact) mass is 270 g/mol. The van der Waals surface area contributed by atoms with E-state index in [1.54, 1.807) is 0 Å². The number of nitrogens with zero attached hydrogens (tertiary/aromatic N) is 2. The second-order valence-electron chi connectivity index (χ2n) is 5.88. The van der Waals surface area contributed by atoms with Crippen LogP contribution in [-0.2, 0) is 12.8 Å². The van der Waals surface area contributed by atoms with E-state index in [9.17, 15) is 0 Å². The van der Waals surface area contributed by atoms with Crippen molar-refractivity contribution in [3.05, 3.63) is 60.2 Å². The van der Waals surface area contributed by atoms with Gasteiger partial charge in [0.25, 0.3) is 0 Å². The molecule has 0 N–H and O–H groups in total. The lowest BCUT2D eigenvalue weighted by Crippen LogP contribution is -1.95. The van der Waals surface area contributed by atoms with E-state index >= 15 is 0 Å². The first-order valence-electron chi connectivity index (χ1n) is 7.36. The molecule has 0 fully saturated rings. The van der Waals surface area contributed by atoms with Crippen LogP contribution in [0.2, 0.25) is 0 Å². The molecular formula is C18H26N2. The standard InChI is InChI=1S/2C9H13N/c1-8(2)6-9-4-3-5-10-7-9;1-8(2)7-9-5-3-4-6-10-9/h3-5,7-8H,6H2,1-2H3;3-6,8H,7H2,1-2H3. The van der Waals surface area contributed by atoms with Gasteiger partial charge < -0.3 is 0 Å². The fourth-order valence-corrected chi connectivity index (χ4v) is 1.93. The Labute approximate surface area is 123 Å². The number of hydrogen-bond acceptors (Lipinski definition) is 2. The lowest BCUT2D eigenvalue weighted by Gasteiger charge is -2.01. The van der Waals surface area contributed by atoms with Crippen LogP contribution in [0, 0.1) is 11.8 Å². The molecule has 0 bridgehead atoms. The van der Waals surface area contributed by atoms with Crippen molar-refractivity contribution in [3.63, 3.8) is 0 Å². The van der Waals surface area contributed by atoms with E-state index in [0.29, 0.717) is 5.92 Å². The Morgan fingerprint density at radius 3 is 2.10 bits per heavy atom. The second kappa shape index (κ2) is 9.24. The molecule has 0 aliphatic carbocycles. The maximum atomic E-state index is 4.22. The Morgan fingerprint density at radius 1 is 0.850 bits per heavy atom. The normalized spacial score (nSPS) is 10.3. The van der Waals surface area contributed by atoms with Crippen molar-refractivity contribution >= 4 is 0 Å². The van der Waals surface area contributed by atoms with Crippen molar-refractivity contribution in [2.24, 2.45) is 11.8 Å². The van der Waals surface area contributed by atoms with Gasteiger partial charge in [0.15, 0.2) is 0 Å². The average molecular weight is 270 g/mol. The summed E-state index contributed by atoms with van der Waals surface area (Å²) in [6, 6.07) is 10.2. The van der Waals surface area contributed by atoms with Crippen LogP contribution in [0.1, 0.15) is 39.0 Å². The molecule has 2 aromatic heterocycles. The van der Waals surface area contributed by atoms with Crippen molar-refractivity contribution in [2.75, 3.05) is 0 Å². The Hall–Kier alpha value is -1.70. The zero-order valence-corrected chi connectivity index (χ0v) is 13.1. The SMILES string of the molecule is CC(C)Cc1ccccn1.CC(C)Cc1cccnc1. The van der Waals surface area contributed by atoms with Crippen molar-refractivity contribution in [3.8, 4) is 0 Å². The van der Waals surface area contributed by atoms with Gasteiger partial charge in [-0.25, -0.2) is 0 Å². The summed E-state index contributed by atoms with van der Waals surface area (Å²) in [7, 11) is 0. The Kier molecular flexibility index (Phi) is 7.56. The van der Waals surface area contributed by atoms with E-state index in [4.69, 9.17) is 0 Å². The van der Waals surface area contributed by atoms with Gasteiger partial charge in [0.05, 0.1) is 0 Å². The molecular weight excluding hydrogens is 244 g/mol. The van der Waals surface area contributed by atoms with Crippen LogP contribution in [0.25, 0.3) is 0 Å². The third-order valence-electron chi connectivity index (χ3n) is 2.71. The van der Waals surface area contributed by atoms with Crippen LogP contribution in [0.15, 0.2) is 48.9 Å². The van der Waals surface area contributed by atoms with E-state index in [1.165, 1.54) is 11.3 Å². The van der Waals surface area contributed by atoms with Gasteiger partial charge in [-0.2, -0.15) is 0 Å². The molecule has 0 unspecified atom stereocenters. The third-order valence-corrected chi connectivity index (χ3v) is 2.71. The smallest absolute Gasteiger partial charge is 0.0406 e. The summed E-state index contributed by atoms with van der Waals surface area (Å²) in [5.41, 5.74) is 2.52. The molecule has 2 heterocycles. The van der Waals surface area contributed by atoms with Gasteiger partial charge >= 0.3 is 0 Å². The predicted molar refractivity (Wildman–Crippen MR) is 85.6 cm³/mol. The highest BCUT2D eigenvalue weighted by molar-refractivity contribution is 5.08. The molecule has 0 aromatic carbocycles. The van der Waals surface area contributed by atoms with Gasteiger partial charge in [-0.15, -0.1) is 0 Å². The minimum atomic E-state index is 0.704. The fraction of sp³-hybridized carbons (Fsp3) is 0.444. The summed E-state index contributed by atoms with van der Waals surface area (Å²) in [6.07, 6.45) is 7.80. The first-order chi connectivity index (χ1) is 9.58. The summed E-state index contributed by atoms with van der Waals surface area (Å²) in [6.45, 7) is 8.84. The van der Waals surface area contributed by atoms with Gasteiger partial charge in [-0.05, 0) is 48.4 Å². The molecule has 2 heteroatoms. The summed E-state index contributed by atoms with van der Waals surface area (Å²) < 4.78 is 0. The van der Waals surface area contributed by atoms with Crippen LogP contribution in [0.4, 0.5) is 0 Å². The highest BCUT2D eigenvalue weighted by Crippen LogP contribution is 2.04. The average Bonchev–Trinajstić information content (AvgIpc) is 2.40. The number of aromatic nitrogens is 2. The molecule has 0 aliphatic heterocycles. The molecule has 20 heavy (non-hydrogen) atoms. The molecule has 2 rings (SSSR count). The quantitative estimate of drug-likeness (QED) is 0.814. The summed E-state index contributed by atoms with van der Waals surface area (Å²) in [4.78, 5) is 8.26. The molecule has 0 radical (unpaired) electrons. The minimum Gasteiger partial charge on any atom is -0.264 e.